The molecule has 0 saturated carbocycles. The van der Waals surface area contributed by atoms with Crippen LogP contribution in [0.15, 0.2) is 18.2 Å². The Hall–Kier alpha value is -1.75. The highest BCUT2D eigenvalue weighted by molar-refractivity contribution is 5.97. The van der Waals surface area contributed by atoms with Gasteiger partial charge in [0.05, 0.1) is 11.6 Å². The van der Waals surface area contributed by atoms with Gasteiger partial charge in [0.15, 0.2) is 0 Å². The molecule has 1 heterocycles. The van der Waals surface area contributed by atoms with E-state index in [1.807, 2.05) is 6.92 Å². The number of phenolic OH excluding ortho intramolecular Hbond substituents is 2. The average Bonchev–Trinajstić information content (AvgIpc) is 2.28. The molecule has 0 radical (unpaired) electrons. The van der Waals surface area contributed by atoms with E-state index in [-0.39, 0.29) is 29.0 Å². The van der Waals surface area contributed by atoms with Gasteiger partial charge in [-0.05, 0) is 24.6 Å². The van der Waals surface area contributed by atoms with Crippen LogP contribution in [-0.2, 0) is 0 Å². The van der Waals surface area contributed by atoms with Crippen LogP contribution in [0.2, 0.25) is 0 Å². The molecule has 1 aliphatic heterocycles. The van der Waals surface area contributed by atoms with E-state index in [0.717, 1.165) is 19.5 Å². The lowest BCUT2D eigenvalue weighted by Gasteiger charge is -2.38. The minimum atomic E-state index is -0.225. The summed E-state index contributed by atoms with van der Waals surface area (Å²) in [6.45, 7) is 4.23. The summed E-state index contributed by atoms with van der Waals surface area (Å²) in [5.41, 5.74) is 0.162. The van der Waals surface area contributed by atoms with Crippen molar-refractivity contribution in [3.8, 4) is 11.5 Å². The fraction of sp³-hybridized carbons (Fsp3) is 0.462. The zero-order chi connectivity index (χ0) is 13.1. The third-order valence-corrected chi connectivity index (χ3v) is 3.14. The van der Waals surface area contributed by atoms with Crippen molar-refractivity contribution < 1.29 is 15.0 Å². The van der Waals surface area contributed by atoms with Gasteiger partial charge in [0, 0.05) is 19.6 Å². The molecule has 18 heavy (non-hydrogen) atoms. The maximum absolute atomic E-state index is 12.4. The highest BCUT2D eigenvalue weighted by atomic mass is 16.3. The number of phenols is 2. The highest BCUT2D eigenvalue weighted by Crippen LogP contribution is 2.24. The fourth-order valence-corrected chi connectivity index (χ4v) is 2.03. The maximum Gasteiger partial charge on any atom is 0.258 e. The van der Waals surface area contributed by atoms with Crippen LogP contribution in [0, 0.1) is 0 Å². The summed E-state index contributed by atoms with van der Waals surface area (Å²) in [4.78, 5) is 14.1. The summed E-state index contributed by atoms with van der Waals surface area (Å²) in [5, 5.41) is 22.3. The smallest absolute Gasteiger partial charge is 0.258 e. The van der Waals surface area contributed by atoms with Gasteiger partial charge in [-0.25, -0.2) is 0 Å². The molecule has 0 spiro atoms. The Bertz CT molecular complexity index is 444. The molecule has 5 heteroatoms. The molecular formula is C13H18N2O3. The Labute approximate surface area is 106 Å². The third-order valence-electron chi connectivity index (χ3n) is 3.14. The van der Waals surface area contributed by atoms with E-state index in [1.54, 1.807) is 4.90 Å². The topological polar surface area (TPSA) is 72.8 Å². The molecular weight excluding hydrogens is 232 g/mol. The molecule has 0 atom stereocenters. The first-order valence-corrected chi connectivity index (χ1v) is 6.17. The lowest BCUT2D eigenvalue weighted by molar-refractivity contribution is 0.0612. The third kappa shape index (κ3) is 2.41. The molecule has 1 aliphatic rings. The minimum absolute atomic E-state index is 0.0145. The monoisotopic (exact) mass is 250 g/mol. The van der Waals surface area contributed by atoms with Crippen LogP contribution in [0.1, 0.15) is 23.7 Å². The van der Waals surface area contributed by atoms with Gasteiger partial charge < -0.3 is 20.4 Å². The number of hydrogen-bond acceptors (Lipinski definition) is 4. The maximum atomic E-state index is 12.4. The summed E-state index contributed by atoms with van der Waals surface area (Å²) in [5.74, 6) is -0.331. The Morgan fingerprint density at radius 2 is 2.17 bits per heavy atom. The van der Waals surface area contributed by atoms with Crippen LogP contribution in [0.5, 0.6) is 11.5 Å². The predicted molar refractivity (Wildman–Crippen MR) is 67.8 cm³/mol. The minimum Gasteiger partial charge on any atom is -0.508 e. The van der Waals surface area contributed by atoms with E-state index in [1.165, 1.54) is 18.2 Å². The number of nitrogens with zero attached hydrogens (tertiary/aromatic N) is 1. The molecule has 0 aromatic heterocycles. The first-order valence-electron chi connectivity index (χ1n) is 6.17. The summed E-state index contributed by atoms with van der Waals surface area (Å²) >= 11 is 0. The largest absolute Gasteiger partial charge is 0.508 e. The van der Waals surface area contributed by atoms with Crippen LogP contribution in [-0.4, -0.2) is 46.7 Å². The number of carbonyl (C=O) groups excluding carboxylic acids is 1. The molecule has 1 saturated heterocycles. The van der Waals surface area contributed by atoms with Gasteiger partial charge in [-0.1, -0.05) is 6.92 Å². The van der Waals surface area contributed by atoms with Crippen LogP contribution in [0.3, 0.4) is 0 Å². The van der Waals surface area contributed by atoms with E-state index < -0.39 is 0 Å². The van der Waals surface area contributed by atoms with E-state index in [2.05, 4.69) is 5.32 Å². The number of aromatic hydroxyl groups is 2. The Kier molecular flexibility index (Phi) is 3.72. The SMILES string of the molecule is CCCN(C(=O)c1cc(O)ccc1O)C1CNC1. The van der Waals surface area contributed by atoms with Crippen molar-refractivity contribution in [3.05, 3.63) is 23.8 Å². The molecule has 0 bridgehead atoms. The number of carbonyl (C=O) groups is 1. The van der Waals surface area contributed by atoms with E-state index in [9.17, 15) is 15.0 Å². The lowest BCUT2D eigenvalue weighted by Crippen LogP contribution is -2.59. The summed E-state index contributed by atoms with van der Waals surface area (Å²) in [7, 11) is 0. The van der Waals surface area contributed by atoms with Crippen molar-refractivity contribution in [1.29, 1.82) is 0 Å². The molecule has 1 aromatic carbocycles. The van der Waals surface area contributed by atoms with E-state index >= 15 is 0 Å². The van der Waals surface area contributed by atoms with Gasteiger partial charge in [-0.2, -0.15) is 0 Å². The molecule has 0 unspecified atom stereocenters. The molecule has 1 amide bonds. The average molecular weight is 250 g/mol. The number of benzene rings is 1. The van der Waals surface area contributed by atoms with Crippen molar-refractivity contribution in [1.82, 2.24) is 10.2 Å². The molecule has 5 nitrogen and oxygen atoms in total. The standard InChI is InChI=1S/C13H18N2O3/c1-2-5-15(9-7-14-8-9)13(18)11-6-10(16)3-4-12(11)17/h3-4,6,9,14,16-17H,2,5,7-8H2,1H3. The number of nitrogens with one attached hydrogen (secondary N) is 1. The quantitative estimate of drug-likeness (QED) is 0.695. The summed E-state index contributed by atoms with van der Waals surface area (Å²) in [6, 6.07) is 4.19. The second-order valence-electron chi connectivity index (χ2n) is 4.51. The molecule has 0 aliphatic carbocycles. The van der Waals surface area contributed by atoms with Crippen molar-refractivity contribution in [2.75, 3.05) is 19.6 Å². The second kappa shape index (κ2) is 5.27. The second-order valence-corrected chi connectivity index (χ2v) is 4.51. The summed E-state index contributed by atoms with van der Waals surface area (Å²) in [6.07, 6.45) is 0.863. The van der Waals surface area contributed by atoms with E-state index in [0.29, 0.717) is 6.54 Å². The highest BCUT2D eigenvalue weighted by Gasteiger charge is 2.29. The van der Waals surface area contributed by atoms with Crippen molar-refractivity contribution in [3.63, 3.8) is 0 Å². The molecule has 3 N–H and O–H groups in total. The zero-order valence-corrected chi connectivity index (χ0v) is 10.4. The Morgan fingerprint density at radius 1 is 1.44 bits per heavy atom. The Morgan fingerprint density at radius 3 is 2.72 bits per heavy atom. The van der Waals surface area contributed by atoms with Crippen LogP contribution in [0.25, 0.3) is 0 Å². The molecule has 98 valence electrons. The van der Waals surface area contributed by atoms with Crippen LogP contribution >= 0.6 is 0 Å². The van der Waals surface area contributed by atoms with Crippen molar-refractivity contribution in [2.45, 2.75) is 19.4 Å². The van der Waals surface area contributed by atoms with Crippen molar-refractivity contribution >= 4 is 5.91 Å². The van der Waals surface area contributed by atoms with Gasteiger partial charge in [-0.3, -0.25) is 4.79 Å². The molecule has 1 aromatic rings. The lowest BCUT2D eigenvalue weighted by atomic mass is 10.1. The van der Waals surface area contributed by atoms with Gasteiger partial charge in [0.1, 0.15) is 11.5 Å². The molecule has 2 rings (SSSR count). The van der Waals surface area contributed by atoms with Crippen molar-refractivity contribution in [2.24, 2.45) is 0 Å². The normalized spacial score (nSPS) is 15.2. The fourth-order valence-electron chi connectivity index (χ4n) is 2.03. The number of amides is 1. The van der Waals surface area contributed by atoms with Crippen LogP contribution < -0.4 is 5.32 Å². The Balaban J connectivity index is 2.23. The first kappa shape index (κ1) is 12.7. The number of hydrogen-bond donors (Lipinski definition) is 3. The van der Waals surface area contributed by atoms with Gasteiger partial charge in [0.25, 0.3) is 5.91 Å². The van der Waals surface area contributed by atoms with E-state index in [4.69, 9.17) is 0 Å². The zero-order valence-electron chi connectivity index (χ0n) is 10.4. The van der Waals surface area contributed by atoms with Gasteiger partial charge >= 0.3 is 0 Å². The number of rotatable bonds is 4. The first-order chi connectivity index (χ1) is 8.63. The molecule has 1 fully saturated rings. The van der Waals surface area contributed by atoms with Gasteiger partial charge in [-0.15, -0.1) is 0 Å². The summed E-state index contributed by atoms with van der Waals surface area (Å²) < 4.78 is 0. The van der Waals surface area contributed by atoms with Crippen LogP contribution in [0.4, 0.5) is 0 Å². The predicted octanol–water partition coefficient (Wildman–Crippen LogP) is 0.922. The van der Waals surface area contributed by atoms with Gasteiger partial charge in [0.2, 0.25) is 0 Å².